The monoisotopic (exact) mass is 386 g/mol. The van der Waals surface area contributed by atoms with Crippen LogP contribution in [0.5, 0.6) is 5.75 Å². The third-order valence-corrected chi connectivity index (χ3v) is 5.67. The fraction of sp³-hybridized carbons (Fsp3) is 0.524. The summed E-state index contributed by atoms with van der Waals surface area (Å²) >= 11 is 0. The summed E-state index contributed by atoms with van der Waals surface area (Å²) < 4.78 is 23.0. The normalized spacial score (nSPS) is 25.7. The third-order valence-electron chi connectivity index (χ3n) is 5.67. The summed E-state index contributed by atoms with van der Waals surface area (Å²) in [6, 6.07) is 0. The van der Waals surface area contributed by atoms with Crippen molar-refractivity contribution in [1.29, 1.82) is 0 Å². The van der Waals surface area contributed by atoms with Crippen molar-refractivity contribution < 1.29 is 23.4 Å². The van der Waals surface area contributed by atoms with E-state index in [1.807, 2.05) is 6.92 Å². The Morgan fingerprint density at radius 3 is 2.93 bits per heavy atom. The number of esters is 1. The van der Waals surface area contributed by atoms with Gasteiger partial charge in [-0.3, -0.25) is 14.7 Å². The molecule has 2 atom stereocenters. The summed E-state index contributed by atoms with van der Waals surface area (Å²) in [6.07, 6.45) is 10.5. The number of pyridine rings is 1. The first-order chi connectivity index (χ1) is 13.6. The van der Waals surface area contributed by atoms with E-state index in [2.05, 4.69) is 22.0 Å². The van der Waals surface area contributed by atoms with Gasteiger partial charge in [-0.05, 0) is 13.3 Å². The molecule has 2 aromatic heterocycles. The second-order valence-electron chi connectivity index (χ2n) is 7.41. The Hall–Kier alpha value is -2.38. The van der Waals surface area contributed by atoms with E-state index in [1.165, 1.54) is 6.92 Å². The average Bonchev–Trinajstić information content (AvgIpc) is 3.17. The van der Waals surface area contributed by atoms with Gasteiger partial charge in [0.15, 0.2) is 5.75 Å². The minimum Gasteiger partial charge on any atom is -0.489 e. The van der Waals surface area contributed by atoms with E-state index in [1.54, 1.807) is 18.7 Å². The van der Waals surface area contributed by atoms with E-state index < -0.39 is 5.54 Å². The molecule has 1 fully saturated rings. The molecule has 1 aliphatic carbocycles. The molecule has 0 saturated carbocycles. The number of furan rings is 1. The smallest absolute Gasteiger partial charge is 0.302 e. The molecule has 2 unspecified atom stereocenters. The molecule has 7 nitrogen and oxygen atoms in total. The van der Waals surface area contributed by atoms with Gasteiger partial charge in [0.25, 0.3) is 0 Å². The predicted molar refractivity (Wildman–Crippen MR) is 103 cm³/mol. The summed E-state index contributed by atoms with van der Waals surface area (Å²) in [6.45, 7) is 6.66. The van der Waals surface area contributed by atoms with E-state index in [0.717, 1.165) is 41.7 Å². The first kappa shape index (κ1) is 19.0. The Morgan fingerprint density at radius 1 is 1.32 bits per heavy atom. The van der Waals surface area contributed by atoms with Gasteiger partial charge in [0.05, 0.1) is 36.1 Å². The van der Waals surface area contributed by atoms with Crippen molar-refractivity contribution >= 4 is 16.7 Å². The van der Waals surface area contributed by atoms with Crippen molar-refractivity contribution in [3.63, 3.8) is 0 Å². The summed E-state index contributed by atoms with van der Waals surface area (Å²) in [5, 5.41) is 1.81. The molecule has 7 heteroatoms. The molecule has 4 rings (SSSR count). The van der Waals surface area contributed by atoms with Crippen molar-refractivity contribution in [3.8, 4) is 5.75 Å². The number of hydrogen-bond acceptors (Lipinski definition) is 7. The number of ether oxygens (including phenoxy) is 3. The molecule has 0 spiro atoms. The van der Waals surface area contributed by atoms with Gasteiger partial charge in [0, 0.05) is 38.0 Å². The lowest BCUT2D eigenvalue weighted by atomic mass is 9.81. The zero-order valence-electron chi connectivity index (χ0n) is 16.3. The highest BCUT2D eigenvalue weighted by molar-refractivity contribution is 5.87. The number of aryl methyl sites for hydroxylation is 1. The molecule has 2 aliphatic rings. The van der Waals surface area contributed by atoms with Gasteiger partial charge in [-0.1, -0.05) is 12.2 Å². The summed E-state index contributed by atoms with van der Waals surface area (Å²) in [7, 11) is 0. The second-order valence-corrected chi connectivity index (χ2v) is 7.41. The van der Waals surface area contributed by atoms with E-state index in [0.29, 0.717) is 26.2 Å². The van der Waals surface area contributed by atoms with Crippen LogP contribution >= 0.6 is 0 Å². The number of carbonyl (C=O) groups is 1. The summed E-state index contributed by atoms with van der Waals surface area (Å²) in [5.41, 5.74) is 0.365. The summed E-state index contributed by atoms with van der Waals surface area (Å²) in [5.74, 6) is 0.447. The van der Waals surface area contributed by atoms with Crippen LogP contribution in [0.2, 0.25) is 0 Å². The van der Waals surface area contributed by atoms with Gasteiger partial charge in [0.2, 0.25) is 0 Å². The van der Waals surface area contributed by atoms with Crippen LogP contribution in [-0.2, 0) is 14.3 Å². The van der Waals surface area contributed by atoms with Crippen molar-refractivity contribution in [3.05, 3.63) is 36.6 Å². The molecule has 1 saturated heterocycles. The van der Waals surface area contributed by atoms with Crippen LogP contribution in [0.25, 0.3) is 10.8 Å². The topological polar surface area (TPSA) is 74.0 Å². The summed E-state index contributed by atoms with van der Waals surface area (Å²) in [4.78, 5) is 18.6. The maximum Gasteiger partial charge on any atom is 0.302 e. The first-order valence-corrected chi connectivity index (χ1v) is 9.69. The standard InChI is InChI=1S/C21H26N2O5/c1-15-20(18-13-26-12-17(18)11-22-15)27-14-21(23-7-9-25-10-8-23)6-4-3-5-19(21)28-16(2)24/h3-4,11-13,19H,5-10,14H2,1-2H3. The minimum atomic E-state index is -0.442. The highest BCUT2D eigenvalue weighted by Crippen LogP contribution is 2.36. The average molecular weight is 386 g/mol. The Morgan fingerprint density at radius 2 is 2.14 bits per heavy atom. The van der Waals surface area contributed by atoms with Gasteiger partial charge in [-0.2, -0.15) is 0 Å². The fourth-order valence-electron chi connectivity index (χ4n) is 4.19. The van der Waals surface area contributed by atoms with Crippen LogP contribution < -0.4 is 4.74 Å². The molecule has 0 amide bonds. The highest BCUT2D eigenvalue weighted by atomic mass is 16.5. The number of rotatable bonds is 5. The first-order valence-electron chi connectivity index (χ1n) is 9.69. The molecular weight excluding hydrogens is 360 g/mol. The lowest BCUT2D eigenvalue weighted by Gasteiger charge is -2.49. The Kier molecular flexibility index (Phi) is 5.37. The van der Waals surface area contributed by atoms with Gasteiger partial charge in [0.1, 0.15) is 19.0 Å². The van der Waals surface area contributed by atoms with Crippen molar-refractivity contribution in [2.45, 2.75) is 38.3 Å². The predicted octanol–water partition coefficient (Wildman–Crippen LogP) is 2.87. The van der Waals surface area contributed by atoms with Gasteiger partial charge < -0.3 is 18.6 Å². The molecular formula is C21H26N2O5. The number of morpholine rings is 1. The molecule has 2 aromatic rings. The molecule has 0 N–H and O–H groups in total. The van der Waals surface area contributed by atoms with Crippen molar-refractivity contribution in [2.75, 3.05) is 32.9 Å². The van der Waals surface area contributed by atoms with Crippen LogP contribution in [0.4, 0.5) is 0 Å². The zero-order chi connectivity index (χ0) is 19.6. The maximum atomic E-state index is 11.8. The maximum absolute atomic E-state index is 11.8. The van der Waals surface area contributed by atoms with E-state index in [4.69, 9.17) is 18.6 Å². The molecule has 0 bridgehead atoms. The SMILES string of the molecule is CC(=O)OC1CC=CCC1(COc1c(C)ncc2cocc12)N1CCOCC1. The van der Waals surface area contributed by atoms with Crippen LogP contribution in [0.1, 0.15) is 25.5 Å². The zero-order valence-corrected chi connectivity index (χ0v) is 16.3. The van der Waals surface area contributed by atoms with E-state index in [-0.39, 0.29) is 12.1 Å². The largest absolute Gasteiger partial charge is 0.489 e. The lowest BCUT2D eigenvalue weighted by molar-refractivity contribution is -0.162. The number of hydrogen-bond donors (Lipinski definition) is 0. The van der Waals surface area contributed by atoms with E-state index in [9.17, 15) is 4.79 Å². The van der Waals surface area contributed by atoms with E-state index >= 15 is 0 Å². The van der Waals surface area contributed by atoms with Crippen LogP contribution in [0.15, 0.2) is 35.3 Å². The third kappa shape index (κ3) is 3.52. The van der Waals surface area contributed by atoms with Crippen LogP contribution in [0.3, 0.4) is 0 Å². The fourth-order valence-corrected chi connectivity index (χ4v) is 4.19. The van der Waals surface area contributed by atoms with Crippen molar-refractivity contribution in [2.24, 2.45) is 0 Å². The Bertz CT molecular complexity index is 871. The highest BCUT2D eigenvalue weighted by Gasteiger charge is 2.47. The van der Waals surface area contributed by atoms with Gasteiger partial charge in [-0.25, -0.2) is 0 Å². The number of fused-ring (bicyclic) bond motifs is 1. The second kappa shape index (κ2) is 7.93. The Balaban J connectivity index is 1.67. The number of carbonyl (C=O) groups excluding carboxylic acids is 1. The molecule has 3 heterocycles. The Labute approximate surface area is 164 Å². The molecule has 1 aliphatic heterocycles. The molecule has 28 heavy (non-hydrogen) atoms. The lowest BCUT2D eigenvalue weighted by Crippen LogP contribution is -2.64. The number of nitrogens with zero attached hydrogens (tertiary/aromatic N) is 2. The minimum absolute atomic E-state index is 0.271. The van der Waals surface area contributed by atoms with Crippen molar-refractivity contribution in [1.82, 2.24) is 9.88 Å². The quantitative estimate of drug-likeness (QED) is 0.578. The molecule has 0 aromatic carbocycles. The van der Waals surface area contributed by atoms with Gasteiger partial charge in [-0.15, -0.1) is 0 Å². The number of aromatic nitrogens is 1. The van der Waals surface area contributed by atoms with Crippen LogP contribution in [0, 0.1) is 6.92 Å². The van der Waals surface area contributed by atoms with Gasteiger partial charge >= 0.3 is 5.97 Å². The van der Waals surface area contributed by atoms with Crippen LogP contribution in [-0.4, -0.2) is 60.4 Å². The molecule has 150 valence electrons. The molecule has 0 radical (unpaired) electrons.